The van der Waals surface area contributed by atoms with Crippen LogP contribution in [-0.4, -0.2) is 30.6 Å². The fraction of sp³-hybridized carbons (Fsp3) is 0.208. The third-order valence-corrected chi connectivity index (χ3v) is 5.00. The topological polar surface area (TPSA) is 77.5 Å². The van der Waals surface area contributed by atoms with Gasteiger partial charge in [-0.25, -0.2) is 0 Å². The number of hydrogen-bond acceptors (Lipinski definition) is 5. The van der Waals surface area contributed by atoms with Crippen LogP contribution in [0.25, 0.3) is 11.3 Å². The normalized spacial score (nSPS) is 11.5. The summed E-state index contributed by atoms with van der Waals surface area (Å²) >= 11 is 6.30. The Morgan fingerprint density at radius 3 is 2.58 bits per heavy atom. The van der Waals surface area contributed by atoms with Gasteiger partial charge >= 0.3 is 5.97 Å². The molecule has 0 saturated carbocycles. The highest BCUT2D eigenvalue weighted by Crippen LogP contribution is 2.26. The van der Waals surface area contributed by atoms with Crippen LogP contribution in [0.1, 0.15) is 35.3 Å². The number of pyridine rings is 1. The van der Waals surface area contributed by atoms with E-state index in [9.17, 15) is 9.59 Å². The minimum Gasteiger partial charge on any atom is -0.497 e. The molecule has 7 heteroatoms. The molecular weight excluding hydrogens is 416 g/mol. The zero-order valence-corrected chi connectivity index (χ0v) is 18.1. The van der Waals surface area contributed by atoms with Gasteiger partial charge in [0, 0.05) is 16.8 Å². The van der Waals surface area contributed by atoms with Gasteiger partial charge in [0.1, 0.15) is 5.75 Å². The molecule has 0 aliphatic rings. The summed E-state index contributed by atoms with van der Waals surface area (Å²) in [6.07, 6.45) is 1.47. The number of benzene rings is 2. The van der Waals surface area contributed by atoms with Gasteiger partial charge in [0.05, 0.1) is 37.4 Å². The van der Waals surface area contributed by atoms with Crippen LogP contribution in [0.5, 0.6) is 5.75 Å². The largest absolute Gasteiger partial charge is 0.497 e. The van der Waals surface area contributed by atoms with Gasteiger partial charge in [-0.2, -0.15) is 0 Å². The molecule has 3 rings (SSSR count). The standard InChI is InChI=1S/C24H23ClN2O4/c1-3-31-23(28)14-22(19-9-4-5-10-20(19)25)27-24(29)17-11-12-21(26-15-17)16-7-6-8-18(13-16)30-2/h4-13,15,22H,3,14H2,1-2H3,(H,27,29). The van der Waals surface area contributed by atoms with E-state index in [-0.39, 0.29) is 18.9 Å². The molecule has 1 N–H and O–H groups in total. The van der Waals surface area contributed by atoms with E-state index < -0.39 is 12.0 Å². The van der Waals surface area contributed by atoms with Gasteiger partial charge in [-0.05, 0) is 42.8 Å². The second-order valence-corrected chi connectivity index (χ2v) is 7.13. The molecule has 31 heavy (non-hydrogen) atoms. The van der Waals surface area contributed by atoms with Crippen LogP contribution in [0.4, 0.5) is 0 Å². The number of halogens is 1. The molecule has 1 amide bonds. The van der Waals surface area contributed by atoms with Crippen molar-refractivity contribution in [1.82, 2.24) is 10.3 Å². The van der Waals surface area contributed by atoms with Crippen molar-refractivity contribution in [2.75, 3.05) is 13.7 Å². The number of methoxy groups -OCH3 is 1. The van der Waals surface area contributed by atoms with E-state index in [1.807, 2.05) is 24.3 Å². The number of amides is 1. The molecule has 2 aromatic carbocycles. The lowest BCUT2D eigenvalue weighted by molar-refractivity contribution is -0.143. The van der Waals surface area contributed by atoms with E-state index in [1.165, 1.54) is 6.20 Å². The summed E-state index contributed by atoms with van der Waals surface area (Å²) in [5.74, 6) is -0.0548. The molecule has 160 valence electrons. The highest BCUT2D eigenvalue weighted by atomic mass is 35.5. The Hall–Kier alpha value is -3.38. The first-order valence-electron chi connectivity index (χ1n) is 9.83. The van der Waals surface area contributed by atoms with Crippen molar-refractivity contribution in [2.24, 2.45) is 0 Å². The summed E-state index contributed by atoms with van der Waals surface area (Å²) in [5, 5.41) is 3.33. The molecular formula is C24H23ClN2O4. The average Bonchev–Trinajstić information content (AvgIpc) is 2.79. The number of nitrogens with one attached hydrogen (secondary N) is 1. The van der Waals surface area contributed by atoms with E-state index >= 15 is 0 Å². The summed E-state index contributed by atoms with van der Waals surface area (Å²) in [6.45, 7) is 1.99. The zero-order chi connectivity index (χ0) is 22.2. The number of carbonyl (C=O) groups is 2. The maximum Gasteiger partial charge on any atom is 0.308 e. The molecule has 0 bridgehead atoms. The predicted octanol–water partition coefficient (Wildman–Crippen LogP) is 4.83. The Labute approximate surface area is 186 Å². The van der Waals surface area contributed by atoms with Gasteiger partial charge in [-0.15, -0.1) is 0 Å². The quantitative estimate of drug-likeness (QED) is 0.509. The number of nitrogens with zero attached hydrogens (tertiary/aromatic N) is 1. The average molecular weight is 439 g/mol. The van der Waals surface area contributed by atoms with Crippen LogP contribution in [-0.2, 0) is 9.53 Å². The molecule has 1 unspecified atom stereocenters. The molecule has 1 heterocycles. The van der Waals surface area contributed by atoms with Crippen LogP contribution in [0.15, 0.2) is 66.9 Å². The number of rotatable bonds is 8. The van der Waals surface area contributed by atoms with Gasteiger partial charge in [0.2, 0.25) is 0 Å². The van der Waals surface area contributed by atoms with Crippen molar-refractivity contribution in [3.05, 3.63) is 83.0 Å². The van der Waals surface area contributed by atoms with Crippen LogP contribution >= 0.6 is 11.6 Å². The molecule has 0 fully saturated rings. The molecule has 0 spiro atoms. The summed E-state index contributed by atoms with van der Waals surface area (Å²) in [7, 11) is 1.60. The van der Waals surface area contributed by atoms with E-state index in [1.54, 1.807) is 50.4 Å². The van der Waals surface area contributed by atoms with E-state index in [4.69, 9.17) is 21.1 Å². The maximum atomic E-state index is 12.9. The first-order valence-corrected chi connectivity index (χ1v) is 10.2. The smallest absolute Gasteiger partial charge is 0.308 e. The Bertz CT molecular complexity index is 1050. The van der Waals surface area contributed by atoms with Crippen molar-refractivity contribution in [3.63, 3.8) is 0 Å². The third-order valence-electron chi connectivity index (χ3n) is 4.65. The minimum atomic E-state index is -0.627. The zero-order valence-electron chi connectivity index (χ0n) is 17.3. The lowest BCUT2D eigenvalue weighted by Gasteiger charge is -2.19. The molecule has 0 aliphatic carbocycles. The fourth-order valence-electron chi connectivity index (χ4n) is 3.11. The number of hydrogen-bond donors (Lipinski definition) is 1. The molecule has 0 radical (unpaired) electrons. The predicted molar refractivity (Wildman–Crippen MR) is 119 cm³/mol. The number of aromatic nitrogens is 1. The Morgan fingerprint density at radius 2 is 1.90 bits per heavy atom. The van der Waals surface area contributed by atoms with Crippen molar-refractivity contribution in [2.45, 2.75) is 19.4 Å². The first kappa shape index (κ1) is 22.3. The number of ether oxygens (including phenoxy) is 2. The summed E-state index contributed by atoms with van der Waals surface area (Å²) in [5.41, 5.74) is 2.60. The fourth-order valence-corrected chi connectivity index (χ4v) is 3.37. The van der Waals surface area contributed by atoms with Gasteiger partial charge in [0.15, 0.2) is 0 Å². The Kier molecular flexibility index (Phi) is 7.62. The van der Waals surface area contributed by atoms with E-state index in [0.717, 1.165) is 11.3 Å². The highest BCUT2D eigenvalue weighted by Gasteiger charge is 2.22. The summed E-state index contributed by atoms with van der Waals surface area (Å²) in [4.78, 5) is 29.3. The monoisotopic (exact) mass is 438 g/mol. The summed E-state index contributed by atoms with van der Waals surface area (Å²) < 4.78 is 10.3. The van der Waals surface area contributed by atoms with Crippen molar-refractivity contribution < 1.29 is 19.1 Å². The van der Waals surface area contributed by atoms with Crippen LogP contribution in [0.2, 0.25) is 5.02 Å². The van der Waals surface area contributed by atoms with Gasteiger partial charge in [0.25, 0.3) is 5.91 Å². The molecule has 3 aromatic rings. The third kappa shape index (κ3) is 5.83. The number of carbonyl (C=O) groups excluding carboxylic acids is 2. The minimum absolute atomic E-state index is 0.0291. The lowest BCUT2D eigenvalue weighted by Crippen LogP contribution is -2.31. The summed E-state index contributed by atoms with van der Waals surface area (Å²) in [6, 6.07) is 17.4. The number of esters is 1. The van der Waals surface area contributed by atoms with Crippen LogP contribution < -0.4 is 10.1 Å². The second kappa shape index (κ2) is 10.6. The molecule has 6 nitrogen and oxygen atoms in total. The SMILES string of the molecule is CCOC(=O)CC(NC(=O)c1ccc(-c2cccc(OC)c2)nc1)c1ccccc1Cl. The van der Waals surface area contributed by atoms with Gasteiger partial charge < -0.3 is 14.8 Å². The lowest BCUT2D eigenvalue weighted by atomic mass is 10.0. The molecule has 1 atom stereocenters. The first-order chi connectivity index (χ1) is 15.0. The Morgan fingerprint density at radius 1 is 1.10 bits per heavy atom. The van der Waals surface area contributed by atoms with Crippen molar-refractivity contribution >= 4 is 23.5 Å². The maximum absolute atomic E-state index is 12.9. The van der Waals surface area contributed by atoms with E-state index in [0.29, 0.717) is 21.8 Å². The second-order valence-electron chi connectivity index (χ2n) is 6.72. The van der Waals surface area contributed by atoms with Gasteiger partial charge in [-0.3, -0.25) is 14.6 Å². The van der Waals surface area contributed by atoms with Crippen LogP contribution in [0, 0.1) is 0 Å². The molecule has 1 aromatic heterocycles. The molecule has 0 aliphatic heterocycles. The molecule has 0 saturated heterocycles. The van der Waals surface area contributed by atoms with E-state index in [2.05, 4.69) is 10.3 Å². The van der Waals surface area contributed by atoms with Gasteiger partial charge in [-0.1, -0.05) is 41.9 Å². The van der Waals surface area contributed by atoms with Crippen molar-refractivity contribution in [1.29, 1.82) is 0 Å². The Balaban J connectivity index is 1.79. The highest BCUT2D eigenvalue weighted by molar-refractivity contribution is 6.31. The van der Waals surface area contributed by atoms with Crippen molar-refractivity contribution in [3.8, 4) is 17.0 Å². The van der Waals surface area contributed by atoms with Crippen LogP contribution in [0.3, 0.4) is 0 Å².